The van der Waals surface area contributed by atoms with Crippen molar-refractivity contribution in [3.63, 3.8) is 0 Å². The molecule has 5 nitrogen and oxygen atoms in total. The lowest BCUT2D eigenvalue weighted by Gasteiger charge is -2.65. The summed E-state index contributed by atoms with van der Waals surface area (Å²) in [5.41, 5.74) is 4.97. The molecule has 5 aliphatic rings. The monoisotopic (exact) mass is 506 g/mol. The molecule has 5 atom stereocenters. The molecule has 2 bridgehead atoms. The lowest BCUT2D eigenvalue weighted by Crippen LogP contribution is -3.22. The number of phenols is 1. The summed E-state index contributed by atoms with van der Waals surface area (Å²) in [6.07, 6.45) is 7.05. The summed E-state index contributed by atoms with van der Waals surface area (Å²) in [6, 6.07) is 13.1. The summed E-state index contributed by atoms with van der Waals surface area (Å²) in [6.45, 7) is 7.51. The second-order valence-electron chi connectivity index (χ2n) is 11.9. The third kappa shape index (κ3) is 2.41. The van der Waals surface area contributed by atoms with Gasteiger partial charge in [-0.05, 0) is 49.9 Å². The number of aromatic hydroxyl groups is 1. The van der Waals surface area contributed by atoms with Crippen molar-refractivity contribution < 1.29 is 31.9 Å². The number of likely N-dealkylation sites (tertiary alicyclic amines) is 1. The first-order valence-corrected chi connectivity index (χ1v) is 13.7. The van der Waals surface area contributed by atoms with E-state index in [1.54, 1.807) is 4.90 Å². The molecule has 6 heteroatoms. The number of aromatic amines is 1. The number of phenolic OH excluding ortho intramolecular Hbond substituents is 1. The minimum atomic E-state index is -0.620. The summed E-state index contributed by atoms with van der Waals surface area (Å²) >= 11 is 0. The number of ether oxygens (including phenoxy) is 2. The molecule has 36 heavy (non-hydrogen) atoms. The average Bonchev–Trinajstić information content (AvgIpc) is 3.32. The second-order valence-corrected chi connectivity index (χ2v) is 11.9. The van der Waals surface area contributed by atoms with Crippen LogP contribution in [0.15, 0.2) is 36.4 Å². The van der Waals surface area contributed by atoms with Crippen LogP contribution in [0.5, 0.6) is 11.5 Å². The van der Waals surface area contributed by atoms with Gasteiger partial charge in [0.2, 0.25) is 0 Å². The summed E-state index contributed by atoms with van der Waals surface area (Å²) in [4.78, 5) is 5.52. The number of benzene rings is 2. The highest BCUT2D eigenvalue weighted by Gasteiger charge is 2.80. The van der Waals surface area contributed by atoms with Crippen molar-refractivity contribution in [2.75, 3.05) is 19.7 Å². The van der Waals surface area contributed by atoms with E-state index < -0.39 is 5.60 Å². The lowest BCUT2D eigenvalue weighted by molar-refractivity contribution is -0.946. The maximum Gasteiger partial charge on any atom is 0.166 e. The third-order valence-electron chi connectivity index (χ3n) is 10.7. The van der Waals surface area contributed by atoms with Crippen LogP contribution in [0.1, 0.15) is 61.9 Å². The topological polar surface area (TPSA) is 58.9 Å². The fourth-order valence-electron chi connectivity index (χ4n) is 9.19. The third-order valence-corrected chi connectivity index (χ3v) is 10.7. The fourth-order valence-corrected chi connectivity index (χ4v) is 9.19. The van der Waals surface area contributed by atoms with E-state index in [4.69, 9.17) is 9.47 Å². The Morgan fingerprint density at radius 1 is 1.19 bits per heavy atom. The summed E-state index contributed by atoms with van der Waals surface area (Å²) in [7, 11) is 0. The van der Waals surface area contributed by atoms with Gasteiger partial charge in [-0.3, -0.25) is 0 Å². The molecule has 1 saturated carbocycles. The minimum Gasteiger partial charge on any atom is -1.00 e. The summed E-state index contributed by atoms with van der Waals surface area (Å²) in [5, 5.41) is 12.3. The molecule has 2 aromatic carbocycles. The zero-order valence-corrected chi connectivity index (χ0v) is 21.9. The van der Waals surface area contributed by atoms with E-state index in [0.29, 0.717) is 18.4 Å². The molecule has 1 spiro atoms. The highest BCUT2D eigenvalue weighted by atomic mass is 35.5. The Balaban J connectivity index is 0.00000220. The van der Waals surface area contributed by atoms with Crippen LogP contribution in [-0.2, 0) is 28.6 Å². The van der Waals surface area contributed by atoms with Crippen molar-refractivity contribution in [2.45, 2.75) is 75.0 Å². The van der Waals surface area contributed by atoms with Gasteiger partial charge >= 0.3 is 0 Å². The van der Waals surface area contributed by atoms with Crippen LogP contribution >= 0.6 is 0 Å². The number of rotatable bonds is 4. The van der Waals surface area contributed by atoms with Gasteiger partial charge in [0.05, 0.1) is 24.2 Å². The van der Waals surface area contributed by atoms with Gasteiger partial charge in [-0.2, -0.15) is 0 Å². The van der Waals surface area contributed by atoms with Gasteiger partial charge in [0, 0.05) is 48.3 Å². The molecular weight excluding hydrogens is 472 g/mol. The molecule has 0 amide bonds. The molecule has 2 aliphatic heterocycles. The van der Waals surface area contributed by atoms with Gasteiger partial charge in [-0.15, -0.1) is 0 Å². The number of halogens is 1. The summed E-state index contributed by atoms with van der Waals surface area (Å²) < 4.78 is 14.1. The Morgan fingerprint density at radius 2 is 2.03 bits per heavy atom. The Kier molecular flexibility index (Phi) is 4.74. The number of hydrogen-bond donors (Lipinski definition) is 3. The smallest absolute Gasteiger partial charge is 0.166 e. The van der Waals surface area contributed by atoms with Gasteiger partial charge in [-0.1, -0.05) is 30.7 Å². The van der Waals surface area contributed by atoms with Crippen molar-refractivity contribution in [1.29, 1.82) is 0 Å². The zero-order chi connectivity index (χ0) is 23.6. The second kappa shape index (κ2) is 7.43. The van der Waals surface area contributed by atoms with E-state index in [9.17, 15) is 5.11 Å². The maximum atomic E-state index is 11.1. The predicted octanol–water partition coefficient (Wildman–Crippen LogP) is 0.768. The SMILES string of the molecule is CCO[C@@]12Cc3c([nH]c4ccccc34)[C@]3(C)Oc4c(O)ccc5c4[C@@]31CC[NH+](CC1CCC1)[C@@H]2C5.[Cl-]. The van der Waals surface area contributed by atoms with Crippen LogP contribution in [-0.4, -0.2) is 41.4 Å². The van der Waals surface area contributed by atoms with Crippen LogP contribution in [0.4, 0.5) is 0 Å². The molecule has 3 heterocycles. The molecule has 2 fully saturated rings. The van der Waals surface area contributed by atoms with Crippen LogP contribution in [0.2, 0.25) is 0 Å². The predicted molar refractivity (Wildman–Crippen MR) is 134 cm³/mol. The van der Waals surface area contributed by atoms with Gasteiger partial charge < -0.3 is 36.9 Å². The summed E-state index contributed by atoms with van der Waals surface area (Å²) in [5.74, 6) is 1.81. The average molecular weight is 507 g/mol. The van der Waals surface area contributed by atoms with E-state index in [0.717, 1.165) is 37.2 Å². The molecule has 1 saturated heterocycles. The van der Waals surface area contributed by atoms with E-state index >= 15 is 0 Å². The Morgan fingerprint density at radius 3 is 2.81 bits per heavy atom. The highest BCUT2D eigenvalue weighted by molar-refractivity contribution is 5.86. The van der Waals surface area contributed by atoms with Gasteiger partial charge in [0.1, 0.15) is 11.6 Å². The Hall–Kier alpha value is -2.21. The first-order valence-electron chi connectivity index (χ1n) is 13.7. The number of nitrogens with one attached hydrogen (secondary N) is 2. The first kappa shape index (κ1) is 22.9. The van der Waals surface area contributed by atoms with Crippen LogP contribution in [0, 0.1) is 5.92 Å². The number of quaternary nitrogens is 1. The molecule has 1 unspecified atom stereocenters. The van der Waals surface area contributed by atoms with Crippen molar-refractivity contribution in [2.24, 2.45) is 5.92 Å². The van der Waals surface area contributed by atoms with Gasteiger partial charge in [-0.25, -0.2) is 0 Å². The van der Waals surface area contributed by atoms with E-state index in [1.165, 1.54) is 53.6 Å². The maximum absolute atomic E-state index is 11.1. The van der Waals surface area contributed by atoms with Gasteiger partial charge in [0.15, 0.2) is 17.1 Å². The molecule has 3 aromatic rings. The lowest BCUT2D eigenvalue weighted by atomic mass is 9.45. The number of hydrogen-bond acceptors (Lipinski definition) is 3. The van der Waals surface area contributed by atoms with Crippen molar-refractivity contribution in [3.05, 3.63) is 58.8 Å². The Labute approximate surface area is 218 Å². The van der Waals surface area contributed by atoms with Crippen LogP contribution in [0.3, 0.4) is 0 Å². The van der Waals surface area contributed by atoms with Crippen LogP contribution in [0.25, 0.3) is 10.9 Å². The molecule has 0 radical (unpaired) electrons. The van der Waals surface area contributed by atoms with Crippen molar-refractivity contribution in [1.82, 2.24) is 4.98 Å². The number of fused-ring (bicyclic) bond motifs is 4. The molecule has 8 rings (SSSR count). The fraction of sp³-hybridized carbons (Fsp3) is 0.533. The minimum absolute atomic E-state index is 0. The number of H-pyrrole nitrogens is 1. The number of aromatic nitrogens is 1. The quantitative estimate of drug-likeness (QED) is 0.490. The molecule has 190 valence electrons. The molecular formula is C30H35ClN2O3. The van der Waals surface area contributed by atoms with Crippen molar-refractivity contribution >= 4 is 10.9 Å². The standard InChI is InChI=1S/C30H34N2O3.ClH/c1-3-34-30-16-21-20-9-4-5-10-22(20)31-27(21)28(2)29(30)13-14-32(17-18-7-6-8-18)24(30)15-19-11-12-23(33)26(35-28)25(19)29;/h4-5,9-12,18,24,31,33H,3,6-8,13-17H2,1-2H3;1H/t24-,28+,29+,30-;/m1./s1. The number of piperidine rings is 1. The van der Waals surface area contributed by atoms with Crippen LogP contribution < -0.4 is 22.0 Å². The van der Waals surface area contributed by atoms with E-state index in [2.05, 4.69) is 49.2 Å². The normalized spacial score (nSPS) is 35.4. The van der Waals surface area contributed by atoms with Gasteiger partial charge in [0.25, 0.3) is 0 Å². The van der Waals surface area contributed by atoms with E-state index in [1.807, 2.05) is 6.07 Å². The largest absolute Gasteiger partial charge is 1.00 e. The molecule has 1 aromatic heterocycles. The first-order chi connectivity index (χ1) is 17.0. The van der Waals surface area contributed by atoms with E-state index in [-0.39, 0.29) is 29.2 Å². The Bertz CT molecular complexity index is 1380. The zero-order valence-electron chi connectivity index (χ0n) is 21.1. The highest BCUT2D eigenvalue weighted by Crippen LogP contribution is 2.70. The van der Waals surface area contributed by atoms with Crippen molar-refractivity contribution in [3.8, 4) is 11.5 Å². The molecule has 3 aliphatic carbocycles. The number of para-hydroxylation sites is 1. The molecule has 3 N–H and O–H groups in total.